The summed E-state index contributed by atoms with van der Waals surface area (Å²) in [5.74, 6) is 8.19. The van der Waals surface area contributed by atoms with E-state index in [4.69, 9.17) is 0 Å². The van der Waals surface area contributed by atoms with Gasteiger partial charge in [-0.2, -0.15) is 0 Å². The number of fused-ring (bicyclic) bond motifs is 6. The molecular formula is C48H54S4Si2. The normalized spacial score (nSPS) is 12.8. The highest BCUT2D eigenvalue weighted by Gasteiger charge is 2.43. The minimum atomic E-state index is -2.02. The summed E-state index contributed by atoms with van der Waals surface area (Å²) in [6, 6.07) is 26.7. The van der Waals surface area contributed by atoms with Crippen LogP contribution in [0.3, 0.4) is 0 Å². The molecule has 0 aliphatic rings. The Morgan fingerprint density at radius 3 is 1.02 bits per heavy atom. The van der Waals surface area contributed by atoms with Crippen molar-refractivity contribution < 1.29 is 0 Å². The van der Waals surface area contributed by atoms with Crippen molar-refractivity contribution in [2.24, 2.45) is 0 Å². The van der Waals surface area contributed by atoms with Gasteiger partial charge in [0.15, 0.2) is 0 Å². The summed E-state index contributed by atoms with van der Waals surface area (Å²) < 4.78 is 8.11. The highest BCUT2D eigenvalue weighted by Crippen LogP contribution is 2.53. The van der Waals surface area contributed by atoms with Crippen LogP contribution in [0.1, 0.15) is 94.2 Å². The van der Waals surface area contributed by atoms with Crippen molar-refractivity contribution in [3.63, 3.8) is 0 Å². The first-order valence-electron chi connectivity index (χ1n) is 19.8. The average Bonchev–Trinajstić information content (AvgIpc) is 3.89. The van der Waals surface area contributed by atoms with E-state index >= 15 is 0 Å². The molecule has 0 fully saturated rings. The lowest BCUT2D eigenvalue weighted by molar-refractivity contribution is 0.838. The minimum absolute atomic E-state index is 0.566. The van der Waals surface area contributed by atoms with Crippen molar-refractivity contribution in [3.05, 3.63) is 83.9 Å². The number of hydrogen-bond donors (Lipinski definition) is 0. The van der Waals surface area contributed by atoms with Crippen LogP contribution >= 0.6 is 45.3 Å². The van der Waals surface area contributed by atoms with Crippen LogP contribution in [0.4, 0.5) is 0 Å². The van der Waals surface area contributed by atoms with E-state index in [2.05, 4.69) is 179 Å². The molecule has 4 aromatic heterocycles. The van der Waals surface area contributed by atoms with Crippen molar-refractivity contribution in [3.8, 4) is 43.8 Å². The van der Waals surface area contributed by atoms with Crippen molar-refractivity contribution >= 4 is 100 Å². The molecule has 4 heterocycles. The van der Waals surface area contributed by atoms with Gasteiger partial charge in [0.25, 0.3) is 0 Å². The number of benzene rings is 3. The zero-order chi connectivity index (χ0) is 38.7. The molecule has 6 heteroatoms. The minimum Gasteiger partial charge on any atom is -0.134 e. The third-order valence-electron chi connectivity index (χ3n) is 12.3. The van der Waals surface area contributed by atoms with E-state index in [0.29, 0.717) is 33.2 Å². The van der Waals surface area contributed by atoms with E-state index < -0.39 is 16.1 Å². The SMILES string of the molecule is CC(C)[Si](C#Cc1c2sc3cc(-c4ccccc4)sc3c2c(C#C[Si](C(C)C)(C(C)C)C(C)C)c2sc3cc(-c4ccccc4)sc3c12)(C(C)C)C(C)C. The van der Waals surface area contributed by atoms with E-state index in [1.54, 1.807) is 0 Å². The summed E-state index contributed by atoms with van der Waals surface area (Å²) in [4.78, 5) is 2.65. The van der Waals surface area contributed by atoms with Crippen LogP contribution in [-0.2, 0) is 0 Å². The van der Waals surface area contributed by atoms with Gasteiger partial charge in [0, 0.05) is 29.9 Å². The molecule has 0 saturated heterocycles. The summed E-state index contributed by atoms with van der Waals surface area (Å²) in [5, 5.41) is 2.68. The second-order valence-electron chi connectivity index (χ2n) is 17.0. The summed E-state index contributed by atoms with van der Waals surface area (Å²) in [6.45, 7) is 29.2. The molecule has 0 nitrogen and oxygen atoms in total. The van der Waals surface area contributed by atoms with Crippen LogP contribution in [0.2, 0.25) is 33.2 Å². The zero-order valence-corrected chi connectivity index (χ0v) is 39.3. The Hall–Kier alpha value is -2.95. The van der Waals surface area contributed by atoms with E-state index in [9.17, 15) is 0 Å². The fourth-order valence-corrected chi connectivity index (χ4v) is 25.5. The van der Waals surface area contributed by atoms with E-state index in [0.717, 1.165) is 0 Å². The van der Waals surface area contributed by atoms with E-state index in [1.807, 2.05) is 45.3 Å². The summed E-state index contributed by atoms with van der Waals surface area (Å²) in [5.41, 5.74) is 16.8. The molecule has 54 heavy (non-hydrogen) atoms. The van der Waals surface area contributed by atoms with Crippen LogP contribution in [0.15, 0.2) is 72.8 Å². The molecule has 0 radical (unpaired) electrons. The van der Waals surface area contributed by atoms with Gasteiger partial charge >= 0.3 is 0 Å². The highest BCUT2D eigenvalue weighted by atomic mass is 32.1. The van der Waals surface area contributed by atoms with E-state index in [-0.39, 0.29) is 0 Å². The van der Waals surface area contributed by atoms with Crippen LogP contribution in [0.25, 0.3) is 59.9 Å². The van der Waals surface area contributed by atoms with Crippen LogP contribution < -0.4 is 0 Å². The Morgan fingerprint density at radius 1 is 0.407 bits per heavy atom. The zero-order valence-electron chi connectivity index (χ0n) is 34.0. The standard InChI is InChI=1S/C48H54S4Si2/c1-29(2)53(30(3)4,31(5)6)25-23-37-43-46(52-41-27-39(49-47(41)43)35-19-15-13-16-20-35)38(24-26-54(32(7)8,33(9)10)34(11)12)44-45(37)51-42-28-40(50-48(42)44)36-21-17-14-18-22-36/h13-22,27-34H,1-12H3. The van der Waals surface area contributed by atoms with Gasteiger partial charge in [0.1, 0.15) is 16.1 Å². The van der Waals surface area contributed by atoms with Crippen molar-refractivity contribution in [2.75, 3.05) is 0 Å². The van der Waals surface area contributed by atoms with Crippen LogP contribution in [0, 0.1) is 22.9 Å². The lowest BCUT2D eigenvalue weighted by Crippen LogP contribution is -2.43. The number of rotatable bonds is 8. The smallest absolute Gasteiger partial charge is 0.134 e. The first-order chi connectivity index (χ1) is 25.7. The lowest BCUT2D eigenvalue weighted by atomic mass is 10.0. The molecule has 278 valence electrons. The molecule has 0 N–H and O–H groups in total. The molecule has 7 aromatic rings. The molecule has 0 saturated carbocycles. The van der Waals surface area contributed by atoms with Gasteiger partial charge < -0.3 is 0 Å². The fraction of sp³-hybridized carbons (Fsp3) is 0.375. The monoisotopic (exact) mass is 814 g/mol. The number of hydrogen-bond acceptors (Lipinski definition) is 4. The maximum atomic E-state index is 4.20. The highest BCUT2D eigenvalue weighted by molar-refractivity contribution is 7.36. The van der Waals surface area contributed by atoms with Gasteiger partial charge in [0.05, 0.1) is 29.9 Å². The van der Waals surface area contributed by atoms with Gasteiger partial charge in [-0.1, -0.05) is 156 Å². The molecule has 7 rings (SSSR count). The van der Waals surface area contributed by atoms with Crippen molar-refractivity contribution in [2.45, 2.75) is 116 Å². The Morgan fingerprint density at radius 2 is 0.722 bits per heavy atom. The van der Waals surface area contributed by atoms with Gasteiger partial charge in [-0.15, -0.1) is 56.4 Å². The largest absolute Gasteiger partial charge is 0.146 e. The summed E-state index contributed by atoms with van der Waals surface area (Å²) >= 11 is 7.78. The second-order valence-corrected chi connectivity index (χ2v) is 32.4. The predicted octanol–water partition coefficient (Wildman–Crippen LogP) is 17.0. The van der Waals surface area contributed by atoms with Gasteiger partial charge in [-0.3, -0.25) is 0 Å². The molecule has 0 aliphatic heterocycles. The summed E-state index contributed by atoms with van der Waals surface area (Å²) in [6.07, 6.45) is 0. The molecule has 0 bridgehead atoms. The number of thiophene rings is 4. The predicted molar refractivity (Wildman–Crippen MR) is 255 cm³/mol. The molecular weight excluding hydrogens is 761 g/mol. The summed E-state index contributed by atoms with van der Waals surface area (Å²) in [7, 11) is -4.03. The quantitative estimate of drug-likeness (QED) is 0.106. The van der Waals surface area contributed by atoms with E-state index in [1.165, 1.54) is 71.0 Å². The molecule has 0 unspecified atom stereocenters. The Kier molecular flexibility index (Phi) is 11.1. The molecule has 0 spiro atoms. The third kappa shape index (κ3) is 6.40. The molecule has 3 aromatic carbocycles. The maximum absolute atomic E-state index is 4.20. The fourth-order valence-electron chi connectivity index (χ4n) is 9.75. The first-order valence-corrected chi connectivity index (χ1v) is 27.5. The lowest BCUT2D eigenvalue weighted by Gasteiger charge is -2.38. The Balaban J connectivity index is 1.66. The maximum Gasteiger partial charge on any atom is 0.146 e. The third-order valence-corrected chi connectivity index (χ3v) is 29.9. The van der Waals surface area contributed by atoms with Gasteiger partial charge in [-0.25, -0.2) is 0 Å². The van der Waals surface area contributed by atoms with Gasteiger partial charge in [0.2, 0.25) is 0 Å². The average molecular weight is 815 g/mol. The Labute approximate surface area is 342 Å². The van der Waals surface area contributed by atoms with Crippen molar-refractivity contribution in [1.29, 1.82) is 0 Å². The van der Waals surface area contributed by atoms with Crippen molar-refractivity contribution in [1.82, 2.24) is 0 Å². The topological polar surface area (TPSA) is 0 Å². The Bertz CT molecular complexity index is 2360. The second kappa shape index (κ2) is 15.2. The molecule has 0 amide bonds. The molecule has 0 atom stereocenters. The molecule has 0 aliphatic carbocycles. The van der Waals surface area contributed by atoms with Crippen LogP contribution in [-0.4, -0.2) is 16.1 Å². The van der Waals surface area contributed by atoms with Gasteiger partial charge in [-0.05, 0) is 56.5 Å². The van der Waals surface area contributed by atoms with Crippen LogP contribution in [0.5, 0.6) is 0 Å². The first kappa shape index (κ1) is 39.3.